The Morgan fingerprint density at radius 3 is 2.35 bits per heavy atom. The minimum atomic E-state index is -1.05. The second-order valence-electron chi connectivity index (χ2n) is 5.79. The van der Waals surface area contributed by atoms with Crippen molar-refractivity contribution in [3.8, 4) is 10.4 Å². The summed E-state index contributed by atoms with van der Waals surface area (Å²) in [6, 6.07) is 14.7. The highest BCUT2D eigenvalue weighted by Crippen LogP contribution is 2.32. The first-order chi connectivity index (χ1) is 9.38. The molecule has 1 heterocycles. The van der Waals surface area contributed by atoms with Gasteiger partial charge in [0.2, 0.25) is 0 Å². The van der Waals surface area contributed by atoms with Crippen molar-refractivity contribution < 1.29 is 4.55 Å². The van der Waals surface area contributed by atoms with Crippen molar-refractivity contribution >= 4 is 22.7 Å². The average Bonchev–Trinajstić information content (AvgIpc) is 2.88. The summed E-state index contributed by atoms with van der Waals surface area (Å²) in [4.78, 5) is 2.46. The van der Waals surface area contributed by atoms with E-state index in [4.69, 9.17) is 0 Å². The maximum atomic E-state index is 12.1. The normalized spacial score (nSPS) is 15.1. The van der Waals surface area contributed by atoms with Gasteiger partial charge in [-0.15, -0.1) is 16.1 Å². The van der Waals surface area contributed by atoms with Gasteiger partial charge >= 0.3 is 0 Å². The van der Waals surface area contributed by atoms with Gasteiger partial charge in [0.05, 0.1) is 6.04 Å². The van der Waals surface area contributed by atoms with E-state index >= 15 is 0 Å². The summed E-state index contributed by atoms with van der Waals surface area (Å²) in [6.45, 7) is 8.00. The second kappa shape index (κ2) is 6.31. The SMILES string of the molecule is C[C@H](N[S@+]([O-])C(C)(C)C)c1ccc(-c2ccccc2)s1. The van der Waals surface area contributed by atoms with E-state index in [1.807, 2.05) is 39.0 Å². The van der Waals surface area contributed by atoms with Gasteiger partial charge in [-0.2, -0.15) is 0 Å². The monoisotopic (exact) mass is 307 g/mol. The lowest BCUT2D eigenvalue weighted by Crippen LogP contribution is -2.40. The van der Waals surface area contributed by atoms with Gasteiger partial charge in [-0.1, -0.05) is 30.3 Å². The van der Waals surface area contributed by atoms with Gasteiger partial charge < -0.3 is 4.55 Å². The minimum Gasteiger partial charge on any atom is -0.598 e. The first kappa shape index (κ1) is 15.6. The van der Waals surface area contributed by atoms with Crippen LogP contribution in [0.2, 0.25) is 0 Å². The summed E-state index contributed by atoms with van der Waals surface area (Å²) in [7, 11) is 0. The number of hydrogen-bond acceptors (Lipinski definition) is 3. The Bertz CT molecular complexity index is 545. The largest absolute Gasteiger partial charge is 0.598 e. The molecule has 1 aromatic heterocycles. The molecule has 0 aliphatic heterocycles. The minimum absolute atomic E-state index is 0.0949. The maximum absolute atomic E-state index is 12.1. The zero-order valence-corrected chi connectivity index (χ0v) is 14.0. The Morgan fingerprint density at radius 1 is 1.10 bits per heavy atom. The third-order valence-electron chi connectivity index (χ3n) is 2.95. The van der Waals surface area contributed by atoms with Gasteiger partial charge in [-0.3, -0.25) is 0 Å². The molecule has 0 spiro atoms. The van der Waals surface area contributed by atoms with Crippen LogP contribution < -0.4 is 4.72 Å². The van der Waals surface area contributed by atoms with Crippen LogP contribution in [0.1, 0.15) is 38.6 Å². The average molecular weight is 307 g/mol. The predicted octanol–water partition coefficient (Wildman–Crippen LogP) is 4.53. The molecule has 2 rings (SSSR count). The highest BCUT2D eigenvalue weighted by molar-refractivity contribution is 7.90. The lowest BCUT2D eigenvalue weighted by atomic mass is 10.2. The van der Waals surface area contributed by atoms with Crippen molar-refractivity contribution in [2.45, 2.75) is 38.5 Å². The Kier molecular flexibility index (Phi) is 4.91. The van der Waals surface area contributed by atoms with Gasteiger partial charge in [-0.25, -0.2) is 0 Å². The molecular formula is C16H21NOS2. The van der Waals surface area contributed by atoms with Crippen LogP contribution in [-0.2, 0) is 11.4 Å². The van der Waals surface area contributed by atoms with E-state index < -0.39 is 11.4 Å². The van der Waals surface area contributed by atoms with Crippen LogP contribution in [-0.4, -0.2) is 9.30 Å². The Balaban J connectivity index is 2.09. The van der Waals surface area contributed by atoms with Crippen molar-refractivity contribution in [1.29, 1.82) is 0 Å². The molecule has 0 unspecified atom stereocenters. The van der Waals surface area contributed by atoms with Gasteiger partial charge in [-0.05, 0) is 45.4 Å². The predicted molar refractivity (Wildman–Crippen MR) is 89.2 cm³/mol. The van der Waals surface area contributed by atoms with Crippen molar-refractivity contribution in [3.05, 3.63) is 47.3 Å². The molecule has 0 aliphatic carbocycles. The molecular weight excluding hydrogens is 286 g/mol. The fourth-order valence-corrected chi connectivity index (χ4v) is 3.63. The second-order valence-corrected chi connectivity index (χ2v) is 8.90. The summed E-state index contributed by atoms with van der Waals surface area (Å²) in [5.74, 6) is 0. The number of benzene rings is 1. The summed E-state index contributed by atoms with van der Waals surface area (Å²) >= 11 is 0.703. The molecule has 0 aliphatic rings. The molecule has 4 heteroatoms. The van der Waals surface area contributed by atoms with E-state index in [2.05, 4.69) is 35.9 Å². The fourth-order valence-electron chi connectivity index (χ4n) is 1.74. The lowest BCUT2D eigenvalue weighted by Gasteiger charge is -2.26. The summed E-state index contributed by atoms with van der Waals surface area (Å²) in [6.07, 6.45) is 0. The van der Waals surface area contributed by atoms with Crippen LogP contribution in [0.3, 0.4) is 0 Å². The van der Waals surface area contributed by atoms with E-state index in [0.29, 0.717) is 0 Å². The molecule has 0 radical (unpaired) electrons. The molecule has 2 aromatic rings. The standard InChI is InChI=1S/C16H21NOS2/c1-12(17-20(18)16(2,3)4)14-10-11-15(19-14)13-8-6-5-7-9-13/h5-12,17H,1-4H3/t12-,20+/m0/s1. The van der Waals surface area contributed by atoms with Crippen molar-refractivity contribution in [2.75, 3.05) is 0 Å². The van der Waals surface area contributed by atoms with E-state index in [9.17, 15) is 4.55 Å². The molecule has 0 fully saturated rings. The van der Waals surface area contributed by atoms with Gasteiger partial charge in [0, 0.05) is 21.1 Å². The van der Waals surface area contributed by atoms with Crippen molar-refractivity contribution in [1.82, 2.24) is 4.72 Å². The van der Waals surface area contributed by atoms with Crippen molar-refractivity contribution in [3.63, 3.8) is 0 Å². The first-order valence-electron chi connectivity index (χ1n) is 6.71. The van der Waals surface area contributed by atoms with Gasteiger partial charge in [0.25, 0.3) is 0 Å². The highest BCUT2D eigenvalue weighted by atomic mass is 32.2. The van der Waals surface area contributed by atoms with Crippen LogP contribution in [0.15, 0.2) is 42.5 Å². The third-order valence-corrected chi connectivity index (χ3v) is 5.95. The van der Waals surface area contributed by atoms with Crippen molar-refractivity contribution in [2.24, 2.45) is 0 Å². The molecule has 2 nitrogen and oxygen atoms in total. The lowest BCUT2D eigenvalue weighted by molar-refractivity contribution is 0.532. The summed E-state index contributed by atoms with van der Waals surface area (Å²) < 4.78 is 15.1. The number of rotatable bonds is 4. The van der Waals surface area contributed by atoms with Crippen LogP contribution in [0.4, 0.5) is 0 Å². The number of hydrogen-bond donors (Lipinski definition) is 1. The molecule has 0 bridgehead atoms. The van der Waals surface area contributed by atoms with Crippen LogP contribution in [0.25, 0.3) is 10.4 Å². The van der Waals surface area contributed by atoms with Gasteiger partial charge in [0.1, 0.15) is 4.75 Å². The molecule has 1 N–H and O–H groups in total. The molecule has 2 atom stereocenters. The smallest absolute Gasteiger partial charge is 0.136 e. The number of thiophene rings is 1. The third kappa shape index (κ3) is 3.85. The molecule has 108 valence electrons. The summed E-state index contributed by atoms with van der Waals surface area (Å²) in [5.41, 5.74) is 1.23. The van der Waals surface area contributed by atoms with Crippen LogP contribution in [0, 0.1) is 0 Å². The van der Waals surface area contributed by atoms with E-state index in [-0.39, 0.29) is 10.8 Å². The van der Waals surface area contributed by atoms with E-state index in [0.717, 1.165) is 0 Å². The zero-order chi connectivity index (χ0) is 14.8. The Hall–Kier alpha value is -0.810. The van der Waals surface area contributed by atoms with Crippen LogP contribution in [0.5, 0.6) is 0 Å². The summed E-state index contributed by atoms with van der Waals surface area (Å²) in [5, 5.41) is 0. The maximum Gasteiger partial charge on any atom is 0.136 e. The molecule has 1 aromatic carbocycles. The molecule has 0 saturated carbocycles. The van der Waals surface area contributed by atoms with E-state index in [1.54, 1.807) is 11.3 Å². The molecule has 0 saturated heterocycles. The number of nitrogens with one attached hydrogen (secondary N) is 1. The Morgan fingerprint density at radius 2 is 1.75 bits per heavy atom. The van der Waals surface area contributed by atoms with Gasteiger partial charge in [0.15, 0.2) is 0 Å². The molecule has 0 amide bonds. The first-order valence-corrected chi connectivity index (χ1v) is 8.68. The fraction of sp³-hybridized carbons (Fsp3) is 0.375. The zero-order valence-electron chi connectivity index (χ0n) is 12.3. The quantitative estimate of drug-likeness (QED) is 0.842. The topological polar surface area (TPSA) is 35.1 Å². The highest BCUT2D eigenvalue weighted by Gasteiger charge is 2.28. The Labute approximate surface area is 128 Å². The van der Waals surface area contributed by atoms with Crippen LogP contribution >= 0.6 is 11.3 Å². The molecule has 20 heavy (non-hydrogen) atoms. The van der Waals surface area contributed by atoms with E-state index in [1.165, 1.54) is 15.3 Å².